The highest BCUT2D eigenvalue weighted by Crippen LogP contribution is 2.23. The van der Waals surface area contributed by atoms with Crippen LogP contribution in [0.1, 0.15) is 27.9 Å². The summed E-state index contributed by atoms with van der Waals surface area (Å²) in [5.74, 6) is -0.388. The summed E-state index contributed by atoms with van der Waals surface area (Å²) < 4.78 is 23.8. The van der Waals surface area contributed by atoms with Crippen LogP contribution < -0.4 is 0 Å². The van der Waals surface area contributed by atoms with Crippen molar-refractivity contribution < 1.29 is 18.1 Å². The number of sulfone groups is 1. The van der Waals surface area contributed by atoms with Crippen molar-refractivity contribution in [3.8, 4) is 0 Å². The second-order valence-electron chi connectivity index (χ2n) is 7.59. The molecular weight excluding hydrogens is 406 g/mol. The fourth-order valence-corrected chi connectivity index (χ4v) is 4.25. The molecule has 0 spiro atoms. The van der Waals surface area contributed by atoms with E-state index < -0.39 is 20.4 Å². The predicted octanol–water partition coefficient (Wildman–Crippen LogP) is 2.65. The molecule has 0 N–H and O–H groups in total. The summed E-state index contributed by atoms with van der Waals surface area (Å²) >= 11 is 0. The lowest BCUT2D eigenvalue weighted by atomic mass is 10.1. The Balaban J connectivity index is 1.77. The Morgan fingerprint density at radius 2 is 1.83 bits per heavy atom. The maximum absolute atomic E-state index is 13.0. The van der Waals surface area contributed by atoms with Crippen molar-refractivity contribution in [2.75, 3.05) is 32.4 Å². The van der Waals surface area contributed by atoms with E-state index in [0.717, 1.165) is 37.9 Å². The molecule has 0 aliphatic carbocycles. The van der Waals surface area contributed by atoms with E-state index in [1.54, 1.807) is 4.90 Å². The zero-order chi connectivity index (χ0) is 21.9. The third-order valence-corrected chi connectivity index (χ3v) is 6.40. The van der Waals surface area contributed by atoms with Gasteiger partial charge in [-0.25, -0.2) is 8.42 Å². The number of non-ortho nitro benzene ring substituents is 1. The Kier molecular flexibility index (Phi) is 6.52. The Hall–Kier alpha value is -2.78. The Labute approximate surface area is 176 Å². The monoisotopic (exact) mass is 431 g/mol. The molecule has 1 amide bonds. The van der Waals surface area contributed by atoms with Crippen molar-refractivity contribution in [2.45, 2.75) is 24.8 Å². The minimum absolute atomic E-state index is 0.0250. The number of hydrogen-bond acceptors (Lipinski definition) is 6. The maximum Gasteiger partial charge on any atom is 0.271 e. The largest absolute Gasteiger partial charge is 0.337 e. The van der Waals surface area contributed by atoms with Gasteiger partial charge in [-0.3, -0.25) is 19.8 Å². The van der Waals surface area contributed by atoms with Gasteiger partial charge in [0, 0.05) is 56.7 Å². The van der Waals surface area contributed by atoms with Gasteiger partial charge < -0.3 is 4.90 Å². The van der Waals surface area contributed by atoms with E-state index in [4.69, 9.17) is 0 Å². The number of benzene rings is 2. The number of amides is 1. The van der Waals surface area contributed by atoms with Crippen LogP contribution >= 0.6 is 0 Å². The van der Waals surface area contributed by atoms with Gasteiger partial charge in [0.2, 0.25) is 0 Å². The lowest BCUT2D eigenvalue weighted by molar-refractivity contribution is -0.385. The van der Waals surface area contributed by atoms with Crippen LogP contribution in [-0.4, -0.2) is 61.5 Å². The molecule has 1 aliphatic rings. The lowest BCUT2D eigenvalue weighted by Gasteiger charge is -2.23. The van der Waals surface area contributed by atoms with Crippen LogP contribution in [0.15, 0.2) is 47.4 Å². The average Bonchev–Trinajstić information content (AvgIpc) is 2.93. The molecule has 0 unspecified atom stereocenters. The van der Waals surface area contributed by atoms with Crippen LogP contribution in [0.3, 0.4) is 0 Å². The number of hydrogen-bond donors (Lipinski definition) is 0. The van der Waals surface area contributed by atoms with Gasteiger partial charge in [-0.1, -0.05) is 24.3 Å². The fourth-order valence-electron chi connectivity index (χ4n) is 3.57. The summed E-state index contributed by atoms with van der Waals surface area (Å²) in [6.07, 6.45) is 1.74. The molecule has 1 fully saturated rings. The fraction of sp³-hybridized carbons (Fsp3) is 0.381. The van der Waals surface area contributed by atoms with Gasteiger partial charge in [-0.05, 0) is 30.5 Å². The first-order chi connectivity index (χ1) is 14.1. The van der Waals surface area contributed by atoms with E-state index in [-0.39, 0.29) is 16.4 Å². The zero-order valence-electron chi connectivity index (χ0n) is 17.1. The maximum atomic E-state index is 13.0. The first-order valence-electron chi connectivity index (χ1n) is 9.71. The van der Waals surface area contributed by atoms with Crippen LogP contribution in [-0.2, 0) is 16.4 Å². The standard InChI is InChI=1S/C21H25N3O5S/c1-16-6-3-4-7-17(16)15-22-8-5-9-23(11-10-22)21(25)18-12-19(24(26)27)14-20(13-18)30(2,28)29/h3-4,6-7,12-14H,5,8-11,15H2,1-2H3. The molecule has 0 aromatic heterocycles. The van der Waals surface area contributed by atoms with Crippen molar-refractivity contribution in [1.82, 2.24) is 9.80 Å². The molecule has 2 aromatic carbocycles. The van der Waals surface area contributed by atoms with Crippen LogP contribution in [0.5, 0.6) is 0 Å². The molecule has 9 heteroatoms. The predicted molar refractivity (Wildman–Crippen MR) is 113 cm³/mol. The van der Waals surface area contributed by atoms with Gasteiger partial charge in [-0.2, -0.15) is 0 Å². The Bertz CT molecular complexity index is 1070. The average molecular weight is 432 g/mol. The summed E-state index contributed by atoms with van der Waals surface area (Å²) in [6, 6.07) is 11.5. The number of carbonyl (C=O) groups excluding carboxylic acids is 1. The first-order valence-corrected chi connectivity index (χ1v) is 11.6. The Morgan fingerprint density at radius 1 is 1.10 bits per heavy atom. The number of rotatable bonds is 5. The highest BCUT2D eigenvalue weighted by molar-refractivity contribution is 7.90. The molecule has 8 nitrogen and oxygen atoms in total. The zero-order valence-corrected chi connectivity index (χ0v) is 17.9. The van der Waals surface area contributed by atoms with Gasteiger partial charge >= 0.3 is 0 Å². The molecule has 1 heterocycles. The third-order valence-electron chi connectivity index (χ3n) is 5.31. The minimum atomic E-state index is -3.68. The van der Waals surface area contributed by atoms with Crippen LogP contribution in [0.2, 0.25) is 0 Å². The molecule has 2 aromatic rings. The Morgan fingerprint density at radius 3 is 2.50 bits per heavy atom. The molecule has 30 heavy (non-hydrogen) atoms. The molecule has 0 bridgehead atoms. The lowest BCUT2D eigenvalue weighted by Crippen LogP contribution is -2.35. The summed E-state index contributed by atoms with van der Waals surface area (Å²) in [5.41, 5.74) is 2.09. The number of nitrogens with zero attached hydrogens (tertiary/aromatic N) is 3. The smallest absolute Gasteiger partial charge is 0.271 e. The topological polar surface area (TPSA) is 101 Å². The van der Waals surface area contributed by atoms with Crippen LogP contribution in [0.4, 0.5) is 5.69 Å². The first kappa shape index (κ1) is 21.9. The number of carbonyl (C=O) groups is 1. The van der Waals surface area contributed by atoms with Gasteiger partial charge in [0.1, 0.15) is 0 Å². The molecule has 0 atom stereocenters. The van der Waals surface area contributed by atoms with E-state index in [1.807, 2.05) is 12.1 Å². The minimum Gasteiger partial charge on any atom is -0.337 e. The molecule has 1 aliphatic heterocycles. The van der Waals surface area contributed by atoms with Crippen molar-refractivity contribution in [1.29, 1.82) is 0 Å². The second-order valence-corrected chi connectivity index (χ2v) is 9.61. The number of aryl methyl sites for hydroxylation is 1. The summed E-state index contributed by atoms with van der Waals surface area (Å²) in [5, 5.41) is 11.2. The highest BCUT2D eigenvalue weighted by atomic mass is 32.2. The molecule has 0 saturated carbocycles. The SMILES string of the molecule is Cc1ccccc1CN1CCCN(C(=O)c2cc([N+](=O)[O-])cc(S(C)(=O)=O)c2)CC1. The van der Waals surface area contributed by atoms with Crippen molar-refractivity contribution in [3.05, 3.63) is 69.3 Å². The van der Waals surface area contributed by atoms with E-state index in [9.17, 15) is 23.3 Å². The van der Waals surface area contributed by atoms with Crippen LogP contribution in [0.25, 0.3) is 0 Å². The van der Waals surface area contributed by atoms with E-state index in [0.29, 0.717) is 19.6 Å². The van der Waals surface area contributed by atoms with Crippen LogP contribution in [0, 0.1) is 17.0 Å². The van der Waals surface area contributed by atoms with E-state index in [1.165, 1.54) is 17.2 Å². The van der Waals surface area contributed by atoms with Crippen molar-refractivity contribution in [3.63, 3.8) is 0 Å². The summed E-state index contributed by atoms with van der Waals surface area (Å²) in [7, 11) is -3.68. The van der Waals surface area contributed by atoms with Gasteiger partial charge in [-0.15, -0.1) is 0 Å². The normalized spacial score (nSPS) is 15.6. The summed E-state index contributed by atoms with van der Waals surface area (Å²) in [4.78, 5) is 27.2. The molecule has 1 saturated heterocycles. The third kappa shape index (κ3) is 5.22. The quantitative estimate of drug-likeness (QED) is 0.533. The van der Waals surface area contributed by atoms with Gasteiger partial charge in [0.15, 0.2) is 9.84 Å². The molecule has 160 valence electrons. The number of nitro groups is 1. The van der Waals surface area contributed by atoms with E-state index in [2.05, 4.69) is 24.0 Å². The van der Waals surface area contributed by atoms with Gasteiger partial charge in [0.25, 0.3) is 11.6 Å². The highest BCUT2D eigenvalue weighted by Gasteiger charge is 2.24. The second kappa shape index (κ2) is 8.93. The molecule has 0 radical (unpaired) electrons. The number of nitro benzene ring substituents is 1. The molecule has 3 rings (SSSR count). The van der Waals surface area contributed by atoms with E-state index >= 15 is 0 Å². The van der Waals surface area contributed by atoms with Crippen molar-refractivity contribution in [2.24, 2.45) is 0 Å². The van der Waals surface area contributed by atoms with Gasteiger partial charge in [0.05, 0.1) is 9.82 Å². The van der Waals surface area contributed by atoms with Crippen molar-refractivity contribution >= 4 is 21.4 Å². The summed E-state index contributed by atoms with van der Waals surface area (Å²) in [6.45, 7) is 5.37. The molecular formula is C21H25N3O5S.